The molecule has 0 radical (unpaired) electrons. The van der Waals surface area contributed by atoms with Crippen molar-refractivity contribution in [2.45, 2.75) is 386 Å². The number of ether oxygens (including phenoxy) is 3. The standard InChI is InChI=1S/C75H136O6/c1-4-7-10-13-16-19-22-24-26-28-30-31-32-33-34-35-36-37-38-39-40-41-42-43-45-46-48-50-53-56-59-62-65-68-74(77)80-71-72(70-79-73(76)67-64-61-58-55-52-21-18-15-12-9-6-3)81-75(78)69-66-63-60-57-54-51-49-47-44-29-27-25-23-20-17-14-11-8-5-2/h17,20,22,24-25,27-28,30,44,47,72H,4-16,18-19,21,23,26,29,31-43,45-46,48-71H2,1-3H3/b20-17-,24-22-,27-25-,30-28-,47-44-. The van der Waals surface area contributed by atoms with E-state index in [1.54, 1.807) is 0 Å². The summed E-state index contributed by atoms with van der Waals surface area (Å²) in [7, 11) is 0. The van der Waals surface area contributed by atoms with Gasteiger partial charge in [0.25, 0.3) is 0 Å². The maximum absolute atomic E-state index is 12.9. The van der Waals surface area contributed by atoms with E-state index in [4.69, 9.17) is 14.2 Å². The van der Waals surface area contributed by atoms with Crippen LogP contribution in [0.15, 0.2) is 60.8 Å². The van der Waals surface area contributed by atoms with Crippen molar-refractivity contribution in [2.75, 3.05) is 13.2 Å². The molecule has 0 amide bonds. The first-order chi connectivity index (χ1) is 40.0. The maximum Gasteiger partial charge on any atom is 0.306 e. The van der Waals surface area contributed by atoms with Gasteiger partial charge in [-0.15, -0.1) is 0 Å². The molecule has 0 N–H and O–H groups in total. The van der Waals surface area contributed by atoms with E-state index in [2.05, 4.69) is 81.5 Å². The molecule has 0 rings (SSSR count). The Balaban J connectivity index is 4.11. The number of carbonyl (C=O) groups is 3. The smallest absolute Gasteiger partial charge is 0.306 e. The van der Waals surface area contributed by atoms with Crippen LogP contribution in [-0.2, 0) is 28.6 Å². The van der Waals surface area contributed by atoms with Gasteiger partial charge < -0.3 is 14.2 Å². The zero-order valence-corrected chi connectivity index (χ0v) is 54.3. The Morgan fingerprint density at radius 3 is 0.716 bits per heavy atom. The molecule has 472 valence electrons. The Morgan fingerprint density at radius 1 is 0.247 bits per heavy atom. The van der Waals surface area contributed by atoms with Crippen LogP contribution >= 0.6 is 0 Å². The minimum absolute atomic E-state index is 0.0746. The van der Waals surface area contributed by atoms with E-state index in [0.717, 1.165) is 83.5 Å². The van der Waals surface area contributed by atoms with Gasteiger partial charge in [-0.3, -0.25) is 14.4 Å². The number of esters is 3. The Labute approximate surface area is 504 Å². The summed E-state index contributed by atoms with van der Waals surface area (Å²) in [5.74, 6) is -0.865. The van der Waals surface area contributed by atoms with Crippen molar-refractivity contribution in [1.29, 1.82) is 0 Å². The topological polar surface area (TPSA) is 78.9 Å². The fourth-order valence-corrected chi connectivity index (χ4v) is 10.6. The Morgan fingerprint density at radius 2 is 0.444 bits per heavy atom. The van der Waals surface area contributed by atoms with E-state index in [0.29, 0.717) is 19.3 Å². The third kappa shape index (κ3) is 67.8. The lowest BCUT2D eigenvalue weighted by atomic mass is 10.0. The predicted octanol–water partition coefficient (Wildman–Crippen LogP) is 24.7. The Bertz CT molecular complexity index is 1440. The van der Waals surface area contributed by atoms with Crippen LogP contribution < -0.4 is 0 Å². The first kappa shape index (κ1) is 78.1. The van der Waals surface area contributed by atoms with Gasteiger partial charge in [0.2, 0.25) is 0 Å². The van der Waals surface area contributed by atoms with E-state index in [1.165, 1.54) is 257 Å². The summed E-state index contributed by atoms with van der Waals surface area (Å²) in [5.41, 5.74) is 0. The van der Waals surface area contributed by atoms with Crippen molar-refractivity contribution in [3.63, 3.8) is 0 Å². The first-order valence-corrected chi connectivity index (χ1v) is 35.8. The predicted molar refractivity (Wildman–Crippen MR) is 353 cm³/mol. The van der Waals surface area contributed by atoms with Crippen molar-refractivity contribution in [2.24, 2.45) is 0 Å². The van der Waals surface area contributed by atoms with E-state index in [-0.39, 0.29) is 31.1 Å². The second-order valence-electron chi connectivity index (χ2n) is 24.1. The highest BCUT2D eigenvalue weighted by atomic mass is 16.6. The number of allylic oxidation sites excluding steroid dienone is 10. The normalized spacial score (nSPS) is 12.4. The van der Waals surface area contributed by atoms with Gasteiger partial charge in [-0.25, -0.2) is 0 Å². The summed E-state index contributed by atoms with van der Waals surface area (Å²) >= 11 is 0. The number of rotatable bonds is 66. The highest BCUT2D eigenvalue weighted by Gasteiger charge is 2.19. The average Bonchev–Trinajstić information content (AvgIpc) is 3.47. The minimum atomic E-state index is -0.779. The molecule has 0 bridgehead atoms. The molecule has 6 nitrogen and oxygen atoms in total. The zero-order valence-electron chi connectivity index (χ0n) is 54.3. The molecule has 0 saturated heterocycles. The van der Waals surface area contributed by atoms with Gasteiger partial charge in [-0.1, -0.05) is 332 Å². The van der Waals surface area contributed by atoms with Crippen LogP contribution in [-0.4, -0.2) is 37.2 Å². The van der Waals surface area contributed by atoms with E-state index in [1.807, 2.05) is 0 Å². The van der Waals surface area contributed by atoms with E-state index < -0.39 is 6.10 Å². The fourth-order valence-electron chi connectivity index (χ4n) is 10.6. The van der Waals surface area contributed by atoms with Gasteiger partial charge >= 0.3 is 17.9 Å². The van der Waals surface area contributed by atoms with Crippen LogP contribution in [0, 0.1) is 0 Å². The molecule has 1 atom stereocenters. The molecule has 81 heavy (non-hydrogen) atoms. The van der Waals surface area contributed by atoms with Crippen LogP contribution in [0.2, 0.25) is 0 Å². The minimum Gasteiger partial charge on any atom is -0.462 e. The lowest BCUT2D eigenvalue weighted by Gasteiger charge is -2.18. The summed E-state index contributed by atoms with van der Waals surface area (Å²) in [5, 5.41) is 0. The van der Waals surface area contributed by atoms with Crippen LogP contribution in [0.4, 0.5) is 0 Å². The molecule has 0 aromatic carbocycles. The quantitative estimate of drug-likeness (QED) is 0.0261. The van der Waals surface area contributed by atoms with E-state index >= 15 is 0 Å². The van der Waals surface area contributed by atoms with Gasteiger partial charge in [0.05, 0.1) is 0 Å². The second kappa shape index (κ2) is 69.6. The maximum atomic E-state index is 12.9. The third-order valence-electron chi connectivity index (χ3n) is 16.0. The number of unbranched alkanes of at least 4 members (excludes halogenated alkanes) is 45. The van der Waals surface area contributed by atoms with Crippen molar-refractivity contribution >= 4 is 17.9 Å². The summed E-state index contributed by atoms with van der Waals surface area (Å²) < 4.78 is 16.9. The highest BCUT2D eigenvalue weighted by molar-refractivity contribution is 5.71. The fraction of sp³-hybridized carbons (Fsp3) is 0.827. The molecule has 0 aromatic rings. The molecule has 6 heteroatoms. The second-order valence-corrected chi connectivity index (χ2v) is 24.1. The zero-order chi connectivity index (χ0) is 58.5. The van der Waals surface area contributed by atoms with E-state index in [9.17, 15) is 14.4 Å². The van der Waals surface area contributed by atoms with Crippen LogP contribution in [0.5, 0.6) is 0 Å². The SMILES string of the molecule is CCCCC/C=C\C/C=C\C/C=C\CCCCCCCCC(=O)OC(COC(=O)CCCCCCCCCCCCC)COC(=O)CCCCCCCCCCCCCCCCCCCCCCC/C=C\C/C=C\CCCCCCC. The molecule has 0 aliphatic heterocycles. The molecule has 0 aliphatic rings. The van der Waals surface area contributed by atoms with Gasteiger partial charge in [0, 0.05) is 19.3 Å². The molecule has 0 fully saturated rings. The van der Waals surface area contributed by atoms with Crippen molar-refractivity contribution < 1.29 is 28.6 Å². The Hall–Kier alpha value is -2.89. The molecule has 0 heterocycles. The van der Waals surface area contributed by atoms with Crippen molar-refractivity contribution in [1.82, 2.24) is 0 Å². The van der Waals surface area contributed by atoms with Gasteiger partial charge in [-0.2, -0.15) is 0 Å². The lowest BCUT2D eigenvalue weighted by molar-refractivity contribution is -0.167. The summed E-state index contributed by atoms with van der Waals surface area (Å²) in [6.45, 7) is 6.64. The van der Waals surface area contributed by atoms with Crippen molar-refractivity contribution in [3.8, 4) is 0 Å². The van der Waals surface area contributed by atoms with Gasteiger partial charge in [0.1, 0.15) is 13.2 Å². The molecular weight excluding hydrogens is 997 g/mol. The van der Waals surface area contributed by atoms with Crippen LogP contribution in [0.25, 0.3) is 0 Å². The Kier molecular flexibility index (Phi) is 67.1. The first-order valence-electron chi connectivity index (χ1n) is 35.8. The summed E-state index contributed by atoms with van der Waals surface area (Å²) in [6, 6.07) is 0. The van der Waals surface area contributed by atoms with Gasteiger partial charge in [0.15, 0.2) is 6.10 Å². The van der Waals surface area contributed by atoms with Gasteiger partial charge in [-0.05, 0) is 89.9 Å². The summed E-state index contributed by atoms with van der Waals surface area (Å²) in [6.07, 6.45) is 89.8. The molecule has 1 unspecified atom stereocenters. The summed E-state index contributed by atoms with van der Waals surface area (Å²) in [4.78, 5) is 38.3. The van der Waals surface area contributed by atoms with Crippen LogP contribution in [0.1, 0.15) is 380 Å². The number of hydrogen-bond donors (Lipinski definition) is 0. The molecule has 0 saturated carbocycles. The van der Waals surface area contributed by atoms with Crippen LogP contribution in [0.3, 0.4) is 0 Å². The highest BCUT2D eigenvalue weighted by Crippen LogP contribution is 2.18. The largest absolute Gasteiger partial charge is 0.462 e. The lowest BCUT2D eigenvalue weighted by Crippen LogP contribution is -2.30. The number of hydrogen-bond acceptors (Lipinski definition) is 6. The monoisotopic (exact) mass is 1130 g/mol. The average molecular weight is 1130 g/mol. The number of carbonyl (C=O) groups excluding carboxylic acids is 3. The molecule has 0 spiro atoms. The molecule has 0 aliphatic carbocycles. The third-order valence-corrected chi connectivity index (χ3v) is 16.0. The van der Waals surface area contributed by atoms with Crippen molar-refractivity contribution in [3.05, 3.63) is 60.8 Å². The molecular formula is C75H136O6. The molecule has 0 aromatic heterocycles.